The van der Waals surface area contributed by atoms with Crippen LogP contribution in [0.2, 0.25) is 5.02 Å². The van der Waals surface area contributed by atoms with Gasteiger partial charge in [0, 0.05) is 10.7 Å². The van der Waals surface area contributed by atoms with Crippen LogP contribution in [0.15, 0.2) is 54.6 Å². The largest absolute Gasteiger partial charge is 0.490 e. The average molecular weight is 450 g/mol. The number of carbonyl (C=O) groups excluding carboxylic acids is 1. The maximum Gasteiger partial charge on any atom is 0.232 e. The van der Waals surface area contributed by atoms with Crippen molar-refractivity contribution >= 4 is 23.2 Å². The Hall–Kier alpha value is -2.98. The highest BCUT2D eigenvalue weighted by Crippen LogP contribution is 2.43. The number of fused-ring (bicyclic) bond motifs is 1. The van der Waals surface area contributed by atoms with E-state index in [-0.39, 0.29) is 11.9 Å². The van der Waals surface area contributed by atoms with Crippen LogP contribution in [0.1, 0.15) is 47.7 Å². The SMILES string of the molecule is CCOc1cc2c(cc1OCC)[C@@H](c1ccc(Cl)cc1)N(c1ccc(C)c(C)c1)C(=O)C2. The molecule has 3 aromatic carbocycles. The standard InChI is InChI=1S/C27H28ClNO3/c1-5-31-24-14-20-15-26(30)29(22-12-7-17(3)18(4)13-22)27(19-8-10-21(28)11-9-19)23(20)16-25(24)32-6-2/h7-14,16,27H,5-6,15H2,1-4H3/t27-/m1/s1. The zero-order valence-electron chi connectivity index (χ0n) is 18.9. The molecule has 32 heavy (non-hydrogen) atoms. The third-order valence-electron chi connectivity index (χ3n) is 5.92. The predicted octanol–water partition coefficient (Wildman–Crippen LogP) is 6.43. The highest BCUT2D eigenvalue weighted by Gasteiger charge is 2.36. The third-order valence-corrected chi connectivity index (χ3v) is 6.17. The van der Waals surface area contributed by atoms with E-state index in [0.717, 1.165) is 27.9 Å². The Kier molecular flexibility index (Phi) is 6.43. The van der Waals surface area contributed by atoms with Gasteiger partial charge >= 0.3 is 0 Å². The van der Waals surface area contributed by atoms with Crippen LogP contribution in [0, 0.1) is 13.8 Å². The summed E-state index contributed by atoms with van der Waals surface area (Å²) in [6, 6.07) is 17.6. The van der Waals surface area contributed by atoms with E-state index < -0.39 is 0 Å². The van der Waals surface area contributed by atoms with Gasteiger partial charge in [-0.25, -0.2) is 0 Å². The number of carbonyl (C=O) groups is 1. The van der Waals surface area contributed by atoms with Gasteiger partial charge in [-0.05, 0) is 91.9 Å². The van der Waals surface area contributed by atoms with Crippen molar-refractivity contribution < 1.29 is 14.3 Å². The maximum atomic E-state index is 13.5. The molecule has 5 heteroatoms. The quantitative estimate of drug-likeness (QED) is 0.435. The molecule has 1 atom stereocenters. The van der Waals surface area contributed by atoms with Gasteiger partial charge in [0.1, 0.15) is 0 Å². The molecule has 0 N–H and O–H groups in total. The first-order valence-electron chi connectivity index (χ1n) is 11.0. The lowest BCUT2D eigenvalue weighted by Gasteiger charge is -2.38. The number of hydrogen-bond acceptors (Lipinski definition) is 3. The number of rotatable bonds is 6. The second-order valence-electron chi connectivity index (χ2n) is 8.03. The average Bonchev–Trinajstić information content (AvgIpc) is 2.77. The molecule has 1 aliphatic heterocycles. The van der Waals surface area contributed by atoms with Crippen LogP contribution in [0.5, 0.6) is 11.5 Å². The summed E-state index contributed by atoms with van der Waals surface area (Å²) in [5.74, 6) is 1.42. The van der Waals surface area contributed by atoms with Gasteiger partial charge in [0.05, 0.1) is 25.7 Å². The van der Waals surface area contributed by atoms with E-state index in [9.17, 15) is 4.79 Å². The van der Waals surface area contributed by atoms with Crippen molar-refractivity contribution in [3.05, 3.63) is 87.4 Å². The highest BCUT2D eigenvalue weighted by atomic mass is 35.5. The van der Waals surface area contributed by atoms with E-state index in [1.165, 1.54) is 5.56 Å². The molecule has 0 radical (unpaired) electrons. The molecule has 166 valence electrons. The highest BCUT2D eigenvalue weighted by molar-refractivity contribution is 6.30. The molecule has 3 aromatic rings. The van der Waals surface area contributed by atoms with Crippen molar-refractivity contribution in [2.24, 2.45) is 0 Å². The number of amides is 1. The topological polar surface area (TPSA) is 38.8 Å². The first-order chi connectivity index (χ1) is 15.4. The molecule has 1 heterocycles. The van der Waals surface area contributed by atoms with Gasteiger partial charge in [0.15, 0.2) is 11.5 Å². The number of aryl methyl sites for hydroxylation is 2. The number of anilines is 1. The zero-order valence-corrected chi connectivity index (χ0v) is 19.7. The molecule has 1 amide bonds. The molecule has 0 saturated carbocycles. The number of nitrogens with zero attached hydrogens (tertiary/aromatic N) is 1. The Bertz CT molecular complexity index is 1140. The Morgan fingerprint density at radius 2 is 1.56 bits per heavy atom. The van der Waals surface area contributed by atoms with Gasteiger partial charge in [-0.3, -0.25) is 4.79 Å². The van der Waals surface area contributed by atoms with Gasteiger partial charge in [-0.15, -0.1) is 0 Å². The van der Waals surface area contributed by atoms with E-state index in [2.05, 4.69) is 26.0 Å². The van der Waals surface area contributed by atoms with Crippen LogP contribution in [0.3, 0.4) is 0 Å². The van der Waals surface area contributed by atoms with Gasteiger partial charge in [-0.2, -0.15) is 0 Å². The lowest BCUT2D eigenvalue weighted by atomic mass is 9.86. The Balaban J connectivity index is 1.93. The molecule has 0 aromatic heterocycles. The predicted molar refractivity (Wildman–Crippen MR) is 129 cm³/mol. The second kappa shape index (κ2) is 9.25. The minimum absolute atomic E-state index is 0.0484. The molecule has 4 nitrogen and oxygen atoms in total. The van der Waals surface area contributed by atoms with E-state index in [0.29, 0.717) is 36.2 Å². The van der Waals surface area contributed by atoms with Crippen molar-refractivity contribution in [3.63, 3.8) is 0 Å². The summed E-state index contributed by atoms with van der Waals surface area (Å²) in [6.07, 6.45) is 0.304. The van der Waals surface area contributed by atoms with E-state index >= 15 is 0 Å². The van der Waals surface area contributed by atoms with Crippen molar-refractivity contribution in [2.45, 2.75) is 40.2 Å². The van der Waals surface area contributed by atoms with Crippen molar-refractivity contribution in [3.8, 4) is 11.5 Å². The maximum absolute atomic E-state index is 13.5. The molecule has 0 fully saturated rings. The summed E-state index contributed by atoms with van der Waals surface area (Å²) in [7, 11) is 0. The third kappa shape index (κ3) is 4.20. The molecule has 0 saturated heterocycles. The van der Waals surface area contributed by atoms with Gasteiger partial charge < -0.3 is 14.4 Å². The molecule has 4 rings (SSSR count). The van der Waals surface area contributed by atoms with E-state index in [1.807, 2.05) is 61.2 Å². The fraction of sp³-hybridized carbons (Fsp3) is 0.296. The van der Waals surface area contributed by atoms with Crippen LogP contribution in [0.25, 0.3) is 0 Å². The van der Waals surface area contributed by atoms with E-state index in [1.54, 1.807) is 0 Å². The lowest BCUT2D eigenvalue weighted by Crippen LogP contribution is -2.41. The smallest absolute Gasteiger partial charge is 0.232 e. The normalized spacial score (nSPS) is 15.5. The molecule has 0 spiro atoms. The minimum Gasteiger partial charge on any atom is -0.490 e. The van der Waals surface area contributed by atoms with Crippen LogP contribution in [0.4, 0.5) is 5.69 Å². The summed E-state index contributed by atoms with van der Waals surface area (Å²) in [6.45, 7) is 9.11. The second-order valence-corrected chi connectivity index (χ2v) is 8.46. The number of ether oxygens (including phenoxy) is 2. The zero-order chi connectivity index (χ0) is 22.8. The molecule has 1 aliphatic rings. The van der Waals surface area contributed by atoms with Gasteiger partial charge in [0.25, 0.3) is 0 Å². The first kappa shape index (κ1) is 22.2. The van der Waals surface area contributed by atoms with Gasteiger partial charge in [0.2, 0.25) is 5.91 Å². The van der Waals surface area contributed by atoms with Crippen LogP contribution >= 0.6 is 11.6 Å². The Morgan fingerprint density at radius 3 is 2.19 bits per heavy atom. The van der Waals surface area contributed by atoms with Crippen molar-refractivity contribution in [1.29, 1.82) is 0 Å². The first-order valence-corrected chi connectivity index (χ1v) is 11.4. The molecule has 0 bridgehead atoms. The van der Waals surface area contributed by atoms with E-state index in [4.69, 9.17) is 21.1 Å². The summed E-state index contributed by atoms with van der Waals surface area (Å²) in [4.78, 5) is 15.4. The molecule has 0 unspecified atom stereocenters. The summed E-state index contributed by atoms with van der Waals surface area (Å²) >= 11 is 6.18. The molecule has 0 aliphatic carbocycles. The fourth-order valence-corrected chi connectivity index (χ4v) is 4.36. The summed E-state index contributed by atoms with van der Waals surface area (Å²) < 4.78 is 11.7. The van der Waals surface area contributed by atoms with Crippen molar-refractivity contribution in [2.75, 3.05) is 18.1 Å². The van der Waals surface area contributed by atoms with Crippen LogP contribution in [-0.4, -0.2) is 19.1 Å². The minimum atomic E-state index is -0.291. The van der Waals surface area contributed by atoms with Crippen molar-refractivity contribution in [1.82, 2.24) is 0 Å². The Morgan fingerprint density at radius 1 is 0.906 bits per heavy atom. The monoisotopic (exact) mass is 449 g/mol. The number of halogens is 1. The van der Waals surface area contributed by atoms with Crippen LogP contribution < -0.4 is 14.4 Å². The number of benzene rings is 3. The Labute approximate surface area is 194 Å². The molecular weight excluding hydrogens is 422 g/mol. The lowest BCUT2D eigenvalue weighted by molar-refractivity contribution is -0.118. The summed E-state index contributed by atoms with van der Waals surface area (Å²) in [5, 5.41) is 0.663. The van der Waals surface area contributed by atoms with Gasteiger partial charge in [-0.1, -0.05) is 29.8 Å². The number of hydrogen-bond donors (Lipinski definition) is 0. The van der Waals surface area contributed by atoms with Crippen LogP contribution in [-0.2, 0) is 11.2 Å². The summed E-state index contributed by atoms with van der Waals surface area (Å²) in [5.41, 5.74) is 6.22. The fourth-order valence-electron chi connectivity index (χ4n) is 4.24. The molecular formula is C27H28ClNO3.